The van der Waals surface area contributed by atoms with Gasteiger partial charge >= 0.3 is 11.7 Å². The minimum absolute atomic E-state index is 0.202. The molecule has 1 heterocycles. The lowest BCUT2D eigenvalue weighted by Gasteiger charge is -2.26. The van der Waals surface area contributed by atoms with Gasteiger partial charge in [-0.25, -0.2) is 4.79 Å². The van der Waals surface area contributed by atoms with Crippen molar-refractivity contribution in [2.75, 3.05) is 25.9 Å². The second kappa shape index (κ2) is 9.33. The van der Waals surface area contributed by atoms with E-state index < -0.39 is 29.0 Å². The standard InChI is InChI=1S/C20H26N4O5/c1-5-29-19(27)14(11-13-9-7-6-8-10-13)22(2)12-15(25)16-17(21)23(3)20(28)24(4)18(16)26/h6-10,14H,5,11-12,21H2,1-4H3/t14-/m0/s1. The topological polar surface area (TPSA) is 117 Å². The molecule has 1 atom stereocenters. The van der Waals surface area contributed by atoms with Gasteiger partial charge in [-0.05, 0) is 26.0 Å². The van der Waals surface area contributed by atoms with Crippen molar-refractivity contribution < 1.29 is 14.3 Å². The second-order valence-corrected chi connectivity index (χ2v) is 6.76. The van der Waals surface area contributed by atoms with E-state index in [9.17, 15) is 19.2 Å². The Labute approximate surface area is 168 Å². The number of ketones is 1. The maximum Gasteiger partial charge on any atom is 0.332 e. The third kappa shape index (κ3) is 4.80. The zero-order valence-corrected chi connectivity index (χ0v) is 17.0. The molecule has 0 saturated heterocycles. The van der Waals surface area contributed by atoms with Crippen molar-refractivity contribution >= 4 is 17.6 Å². The number of hydrogen-bond acceptors (Lipinski definition) is 7. The minimum Gasteiger partial charge on any atom is -0.465 e. The van der Waals surface area contributed by atoms with Crippen molar-refractivity contribution in [1.82, 2.24) is 14.0 Å². The van der Waals surface area contributed by atoms with Gasteiger partial charge < -0.3 is 10.5 Å². The van der Waals surface area contributed by atoms with Crippen LogP contribution in [0.4, 0.5) is 5.82 Å². The fourth-order valence-corrected chi connectivity index (χ4v) is 3.03. The molecule has 1 aromatic heterocycles. The number of carbonyl (C=O) groups is 2. The van der Waals surface area contributed by atoms with Crippen molar-refractivity contribution in [3.8, 4) is 0 Å². The third-order valence-corrected chi connectivity index (χ3v) is 4.74. The Hall–Kier alpha value is -3.20. The summed E-state index contributed by atoms with van der Waals surface area (Å²) < 4.78 is 7.03. The Morgan fingerprint density at radius 3 is 2.34 bits per heavy atom. The molecule has 156 valence electrons. The van der Waals surface area contributed by atoms with Crippen LogP contribution in [0, 0.1) is 0 Å². The maximum atomic E-state index is 12.8. The molecule has 1 aromatic carbocycles. The van der Waals surface area contributed by atoms with Crippen molar-refractivity contribution in [2.45, 2.75) is 19.4 Å². The smallest absolute Gasteiger partial charge is 0.332 e. The molecule has 9 heteroatoms. The van der Waals surface area contributed by atoms with Gasteiger partial charge in [0.05, 0.1) is 13.2 Å². The number of nitrogens with zero attached hydrogens (tertiary/aromatic N) is 3. The molecule has 0 unspecified atom stereocenters. The highest BCUT2D eigenvalue weighted by atomic mass is 16.5. The van der Waals surface area contributed by atoms with E-state index >= 15 is 0 Å². The van der Waals surface area contributed by atoms with E-state index in [-0.39, 0.29) is 24.5 Å². The lowest BCUT2D eigenvalue weighted by molar-refractivity contribution is -0.148. The summed E-state index contributed by atoms with van der Waals surface area (Å²) in [4.78, 5) is 51.2. The number of likely N-dealkylation sites (N-methyl/N-ethyl adjacent to an activating group) is 1. The van der Waals surface area contributed by atoms with E-state index in [1.54, 1.807) is 14.0 Å². The Morgan fingerprint density at radius 1 is 1.14 bits per heavy atom. The van der Waals surface area contributed by atoms with Crippen LogP contribution in [0.3, 0.4) is 0 Å². The molecule has 2 aromatic rings. The first-order chi connectivity index (χ1) is 13.7. The van der Waals surface area contributed by atoms with Crippen molar-refractivity contribution in [3.63, 3.8) is 0 Å². The van der Waals surface area contributed by atoms with Gasteiger partial charge in [0.15, 0.2) is 5.78 Å². The van der Waals surface area contributed by atoms with Crippen LogP contribution in [0.15, 0.2) is 39.9 Å². The molecule has 0 bridgehead atoms. The zero-order valence-electron chi connectivity index (χ0n) is 17.0. The quantitative estimate of drug-likeness (QED) is 0.486. The number of benzene rings is 1. The summed E-state index contributed by atoms with van der Waals surface area (Å²) >= 11 is 0. The fraction of sp³-hybridized carbons (Fsp3) is 0.400. The summed E-state index contributed by atoms with van der Waals surface area (Å²) in [7, 11) is 4.26. The number of carbonyl (C=O) groups excluding carboxylic acids is 2. The lowest BCUT2D eigenvalue weighted by Crippen LogP contribution is -2.46. The number of esters is 1. The van der Waals surface area contributed by atoms with Gasteiger partial charge in [-0.15, -0.1) is 0 Å². The minimum atomic E-state index is -0.764. The number of hydrogen-bond donors (Lipinski definition) is 1. The number of nitrogen functional groups attached to an aromatic ring is 1. The molecule has 0 aliphatic carbocycles. The summed E-state index contributed by atoms with van der Waals surface area (Å²) in [6.45, 7) is 1.67. The lowest BCUT2D eigenvalue weighted by atomic mass is 10.0. The van der Waals surface area contributed by atoms with Crippen molar-refractivity contribution in [2.24, 2.45) is 14.1 Å². The first-order valence-electron chi connectivity index (χ1n) is 9.18. The molecule has 2 N–H and O–H groups in total. The number of rotatable bonds is 8. The van der Waals surface area contributed by atoms with Crippen LogP contribution in [-0.2, 0) is 30.0 Å². The van der Waals surface area contributed by atoms with Crippen LogP contribution in [-0.4, -0.2) is 52.0 Å². The van der Waals surface area contributed by atoms with Gasteiger partial charge in [0, 0.05) is 14.1 Å². The summed E-state index contributed by atoms with van der Waals surface area (Å²) in [5.41, 5.74) is 5.10. The number of ether oxygens (including phenoxy) is 1. The van der Waals surface area contributed by atoms with Crippen LogP contribution in [0.5, 0.6) is 0 Å². The highest BCUT2D eigenvalue weighted by Crippen LogP contribution is 2.12. The largest absolute Gasteiger partial charge is 0.465 e. The zero-order chi connectivity index (χ0) is 21.7. The van der Waals surface area contributed by atoms with Crippen LogP contribution in [0.25, 0.3) is 0 Å². The van der Waals surface area contributed by atoms with Gasteiger partial charge in [0.1, 0.15) is 17.4 Å². The molecule has 0 amide bonds. The molecular formula is C20H26N4O5. The maximum absolute atomic E-state index is 12.8. The highest BCUT2D eigenvalue weighted by Gasteiger charge is 2.29. The van der Waals surface area contributed by atoms with E-state index in [0.717, 1.165) is 14.7 Å². The van der Waals surface area contributed by atoms with Crippen LogP contribution >= 0.6 is 0 Å². The van der Waals surface area contributed by atoms with E-state index in [4.69, 9.17) is 10.5 Å². The number of Topliss-reactive ketones (excluding diaryl/α,β-unsaturated/α-hetero) is 1. The molecule has 0 aliphatic rings. The summed E-state index contributed by atoms with van der Waals surface area (Å²) in [5.74, 6) is -1.25. The molecule has 2 rings (SSSR count). The van der Waals surface area contributed by atoms with Crippen LogP contribution in [0.2, 0.25) is 0 Å². The van der Waals surface area contributed by atoms with E-state index in [0.29, 0.717) is 6.42 Å². The predicted molar refractivity (Wildman–Crippen MR) is 109 cm³/mol. The summed E-state index contributed by atoms with van der Waals surface area (Å²) in [5, 5.41) is 0. The molecule has 29 heavy (non-hydrogen) atoms. The SMILES string of the molecule is CCOC(=O)[C@H](Cc1ccccc1)N(C)CC(=O)c1c(N)n(C)c(=O)n(C)c1=O. The van der Waals surface area contributed by atoms with Crippen LogP contribution < -0.4 is 17.0 Å². The number of anilines is 1. The summed E-state index contributed by atoms with van der Waals surface area (Å²) in [6, 6.07) is 8.62. The van der Waals surface area contributed by atoms with Gasteiger partial charge in [0.25, 0.3) is 5.56 Å². The second-order valence-electron chi connectivity index (χ2n) is 6.76. The molecular weight excluding hydrogens is 376 g/mol. The molecule has 0 fully saturated rings. The monoisotopic (exact) mass is 402 g/mol. The van der Waals surface area contributed by atoms with E-state index in [1.807, 2.05) is 30.3 Å². The van der Waals surface area contributed by atoms with E-state index in [2.05, 4.69) is 0 Å². The number of nitrogens with two attached hydrogens (primary N) is 1. The van der Waals surface area contributed by atoms with Gasteiger partial charge in [-0.1, -0.05) is 30.3 Å². The summed E-state index contributed by atoms with van der Waals surface area (Å²) in [6.07, 6.45) is 0.338. The van der Waals surface area contributed by atoms with Gasteiger partial charge in [-0.2, -0.15) is 0 Å². The Bertz CT molecular complexity index is 1010. The van der Waals surface area contributed by atoms with Gasteiger partial charge in [-0.3, -0.25) is 28.4 Å². The van der Waals surface area contributed by atoms with Crippen LogP contribution in [0.1, 0.15) is 22.8 Å². The third-order valence-electron chi connectivity index (χ3n) is 4.74. The number of aromatic nitrogens is 2. The highest BCUT2D eigenvalue weighted by molar-refractivity contribution is 6.01. The first-order valence-corrected chi connectivity index (χ1v) is 9.18. The Kier molecular flexibility index (Phi) is 7.11. The molecule has 0 radical (unpaired) electrons. The Balaban J connectivity index is 2.33. The van der Waals surface area contributed by atoms with E-state index in [1.165, 1.54) is 19.0 Å². The normalized spacial score (nSPS) is 12.0. The molecule has 0 saturated carbocycles. The molecule has 0 aliphatic heterocycles. The van der Waals surface area contributed by atoms with Gasteiger partial charge in [0.2, 0.25) is 0 Å². The first kappa shape index (κ1) is 22.1. The molecule has 9 nitrogen and oxygen atoms in total. The van der Waals surface area contributed by atoms with Crippen molar-refractivity contribution in [1.29, 1.82) is 0 Å². The average Bonchev–Trinajstić information content (AvgIpc) is 2.70. The average molecular weight is 402 g/mol. The van der Waals surface area contributed by atoms with Crippen molar-refractivity contribution in [3.05, 3.63) is 62.3 Å². The molecule has 0 spiro atoms. The fourth-order valence-electron chi connectivity index (χ4n) is 3.03. The Morgan fingerprint density at radius 2 is 1.76 bits per heavy atom. The predicted octanol–water partition coefficient (Wildman–Crippen LogP) is -0.0449.